The average molecular weight is 1120 g/mol. The third-order valence-corrected chi connectivity index (χ3v) is 12.5. The van der Waals surface area contributed by atoms with Gasteiger partial charge in [0.15, 0.2) is 43.1 Å². The molecule has 78 heavy (non-hydrogen) atoms. The summed E-state index contributed by atoms with van der Waals surface area (Å²) in [5, 5.41) is 45.1. The van der Waals surface area contributed by atoms with Crippen LogP contribution < -0.4 is 5.73 Å². The maximum Gasteiger partial charge on any atom is 0.366 e. The second-order valence-corrected chi connectivity index (χ2v) is 25.0. The van der Waals surface area contributed by atoms with Gasteiger partial charge in [-0.15, -0.1) is 0 Å². The largest absolute Gasteiger partial charge is 0.465 e. The maximum absolute atomic E-state index is 14.2. The van der Waals surface area contributed by atoms with E-state index in [1.165, 1.54) is 41.5 Å². The van der Waals surface area contributed by atoms with Crippen molar-refractivity contribution in [3.63, 3.8) is 0 Å². The van der Waals surface area contributed by atoms with Crippen LogP contribution in [0.15, 0.2) is 0 Å². The number of rotatable bonds is 20. The van der Waals surface area contributed by atoms with E-state index in [1.807, 2.05) is 6.92 Å². The van der Waals surface area contributed by atoms with E-state index in [-0.39, 0.29) is 6.61 Å². The second kappa shape index (κ2) is 27.1. The molecule has 0 aromatic rings. The van der Waals surface area contributed by atoms with Crippen molar-refractivity contribution in [1.82, 2.24) is 0 Å². The highest BCUT2D eigenvalue weighted by molar-refractivity contribution is 5.79. The zero-order valence-electron chi connectivity index (χ0n) is 48.6. The lowest BCUT2D eigenvalue weighted by atomic mass is 9.89. The summed E-state index contributed by atoms with van der Waals surface area (Å²) in [5.41, 5.74) is 0.217. The first-order chi connectivity index (χ1) is 35.6. The van der Waals surface area contributed by atoms with Crippen LogP contribution in [0.2, 0.25) is 0 Å². The molecule has 25 heteroatoms. The Morgan fingerprint density at radius 3 is 1.56 bits per heavy atom. The van der Waals surface area contributed by atoms with Crippen molar-refractivity contribution in [3.8, 4) is 0 Å². The van der Waals surface area contributed by atoms with E-state index < -0.39 is 193 Å². The summed E-state index contributed by atoms with van der Waals surface area (Å²) in [4.78, 5) is 95.4. The number of aliphatic hydroxyl groups excluding tert-OH is 4. The normalized spacial score (nSPS) is 30.9. The van der Waals surface area contributed by atoms with Crippen LogP contribution in [-0.2, 0) is 95.1 Å². The summed E-state index contributed by atoms with van der Waals surface area (Å²) in [5.74, 6) is -9.16. The molecule has 3 saturated heterocycles. The topological polar surface area (TPSA) is 346 Å². The maximum atomic E-state index is 14.2. The van der Waals surface area contributed by atoms with Crippen molar-refractivity contribution in [2.24, 2.45) is 32.8 Å². The Balaban J connectivity index is 2.42. The number of hydrogen-bond acceptors (Lipinski definition) is 25. The van der Waals surface area contributed by atoms with Crippen molar-refractivity contribution < 1.29 is 116 Å². The highest BCUT2D eigenvalue weighted by Crippen LogP contribution is 2.40. The van der Waals surface area contributed by atoms with Gasteiger partial charge in [0.25, 0.3) is 5.79 Å². The molecule has 450 valence electrons. The smallest absolute Gasteiger partial charge is 0.366 e. The Hall–Kier alpha value is -4.15. The number of nitrogens with two attached hydrogens (primary N) is 1. The molecule has 0 spiro atoms. The van der Waals surface area contributed by atoms with Crippen molar-refractivity contribution in [2.75, 3.05) is 33.5 Å². The van der Waals surface area contributed by atoms with Crippen molar-refractivity contribution in [2.45, 2.75) is 235 Å². The lowest BCUT2D eigenvalue weighted by molar-refractivity contribution is -0.369. The predicted octanol–water partition coefficient (Wildman–Crippen LogP) is 2.07. The van der Waals surface area contributed by atoms with E-state index in [0.29, 0.717) is 12.8 Å². The number of aliphatic hydroxyl groups is 4. The van der Waals surface area contributed by atoms with Gasteiger partial charge in [-0.2, -0.15) is 0 Å². The van der Waals surface area contributed by atoms with Gasteiger partial charge < -0.3 is 87.7 Å². The van der Waals surface area contributed by atoms with Crippen LogP contribution in [0.4, 0.5) is 0 Å². The molecule has 3 fully saturated rings. The van der Waals surface area contributed by atoms with E-state index in [1.54, 1.807) is 62.3 Å². The summed E-state index contributed by atoms with van der Waals surface area (Å²) < 4.78 is 78.5. The fourth-order valence-corrected chi connectivity index (χ4v) is 7.61. The number of methoxy groups -OCH3 is 1. The summed E-state index contributed by atoms with van der Waals surface area (Å²) in [6.07, 6.45) is -24.9. The highest BCUT2D eigenvalue weighted by Gasteiger charge is 2.60. The average Bonchev–Trinajstić information content (AvgIpc) is 3.31. The van der Waals surface area contributed by atoms with Gasteiger partial charge in [-0.05, 0) is 110 Å². The van der Waals surface area contributed by atoms with Gasteiger partial charge >= 0.3 is 41.8 Å². The molecule has 3 aliphatic heterocycles. The molecule has 0 aliphatic carbocycles. The van der Waals surface area contributed by atoms with Crippen LogP contribution in [0.1, 0.15) is 137 Å². The summed E-state index contributed by atoms with van der Waals surface area (Å²) >= 11 is 0. The standard InChI is InChI=1S/C53H89NO24/c1-19-20-21-67-40-39(77-46(64)52(15,16)17)37(75-44(62)50(9,10)11)34(30(72-40)24-68-42(60)48(3,4)5)73-41-38(76-45(63)51(12,13)14)36(74-43(61)49(6,7)8)33(59)29(71-41)25-69-53(47(65)66-18)22-27(57)31(54)35(78-53)32(58)28(23-55)70-26(2)56/h27-41,55,57-59H,19-25,54H2,1-18H3/t27-,28-,29?,30?,31-,32-,33+,34-,35?,36?,37?,38+,39+,40-,41+,53-/m1/s1. The Morgan fingerprint density at radius 2 is 1.12 bits per heavy atom. The van der Waals surface area contributed by atoms with Crippen molar-refractivity contribution in [3.05, 3.63) is 0 Å². The number of hydrogen-bond donors (Lipinski definition) is 5. The molecule has 0 aromatic heterocycles. The summed E-state index contributed by atoms with van der Waals surface area (Å²) in [6, 6.07) is -1.50. The van der Waals surface area contributed by atoms with Gasteiger partial charge in [0, 0.05) is 20.0 Å². The molecule has 6 N–H and O–H groups in total. The molecule has 0 amide bonds. The molecule has 3 rings (SSSR count). The minimum absolute atomic E-state index is 0.0509. The fraction of sp³-hybridized carbons (Fsp3) is 0.868. The Bertz CT molecular complexity index is 2050. The van der Waals surface area contributed by atoms with Gasteiger partial charge in [0.2, 0.25) is 0 Å². The van der Waals surface area contributed by atoms with Crippen molar-refractivity contribution >= 4 is 41.8 Å². The molecule has 5 unspecified atom stereocenters. The Morgan fingerprint density at radius 1 is 0.654 bits per heavy atom. The van der Waals surface area contributed by atoms with Gasteiger partial charge in [0.1, 0.15) is 43.2 Å². The van der Waals surface area contributed by atoms with Crippen LogP contribution >= 0.6 is 0 Å². The highest BCUT2D eigenvalue weighted by atomic mass is 16.8. The Labute approximate surface area is 457 Å². The molecule has 3 aliphatic rings. The van der Waals surface area contributed by atoms with Gasteiger partial charge in [0.05, 0.1) is 59.5 Å². The molecule has 0 saturated carbocycles. The molecule has 16 atom stereocenters. The van der Waals surface area contributed by atoms with Crippen LogP contribution in [0.25, 0.3) is 0 Å². The third-order valence-electron chi connectivity index (χ3n) is 12.5. The molecular weight excluding hydrogens is 1030 g/mol. The molecule has 25 nitrogen and oxygen atoms in total. The second-order valence-electron chi connectivity index (χ2n) is 25.0. The van der Waals surface area contributed by atoms with E-state index in [0.717, 1.165) is 14.0 Å². The van der Waals surface area contributed by atoms with Gasteiger partial charge in [-0.25, -0.2) is 4.79 Å². The van der Waals surface area contributed by atoms with E-state index in [9.17, 15) is 54.0 Å². The van der Waals surface area contributed by atoms with Gasteiger partial charge in [-0.1, -0.05) is 13.3 Å². The lowest BCUT2D eigenvalue weighted by Gasteiger charge is -2.50. The van der Waals surface area contributed by atoms with Crippen LogP contribution in [0.3, 0.4) is 0 Å². The first-order valence-corrected chi connectivity index (χ1v) is 26.2. The van der Waals surface area contributed by atoms with Crippen LogP contribution in [0, 0.1) is 27.1 Å². The van der Waals surface area contributed by atoms with Crippen molar-refractivity contribution in [1.29, 1.82) is 0 Å². The van der Waals surface area contributed by atoms with E-state index >= 15 is 0 Å². The molecule has 0 bridgehead atoms. The zero-order valence-corrected chi connectivity index (χ0v) is 48.6. The summed E-state index contributed by atoms with van der Waals surface area (Å²) in [6.45, 7) is 23.6. The summed E-state index contributed by atoms with van der Waals surface area (Å²) in [7, 11) is 0.945. The predicted molar refractivity (Wildman–Crippen MR) is 270 cm³/mol. The number of ether oxygens (including phenoxy) is 13. The third kappa shape index (κ3) is 17.9. The monoisotopic (exact) mass is 1120 g/mol. The molecule has 3 heterocycles. The SMILES string of the molecule is CCCCO[C@@H]1OC(COC(=O)C(C)(C)C)[C@@H](O[C@@H]2OC(CO[C@]3(C(=O)OC)C[C@@H](O)[C@@H](N)C([C@H](O)[C@@H](CO)OC(C)=O)O3)[C@H](O)C(OC(=O)C(C)(C)C)[C@@H]2OC(=O)C(C)(C)C)C(OC(=O)C(C)(C)C)[C@@H]1OC(=O)C(C)(C)C. The zero-order chi connectivity index (χ0) is 59.8. The quantitative estimate of drug-likeness (QED) is 0.0662. The van der Waals surface area contributed by atoms with E-state index in [4.69, 9.17) is 67.3 Å². The number of carbonyl (C=O) groups is 7. The molecule has 0 aromatic carbocycles. The number of carbonyl (C=O) groups excluding carboxylic acids is 7. The molecule has 0 radical (unpaired) electrons. The fourth-order valence-electron chi connectivity index (χ4n) is 7.61. The van der Waals surface area contributed by atoms with Gasteiger partial charge in [-0.3, -0.25) is 28.8 Å². The van der Waals surface area contributed by atoms with Crippen LogP contribution in [-0.4, -0.2) is 193 Å². The lowest BCUT2D eigenvalue weighted by Crippen LogP contribution is -2.68. The number of unbranched alkanes of at least 4 members (excludes halogenated alkanes) is 1. The van der Waals surface area contributed by atoms with E-state index in [2.05, 4.69) is 0 Å². The first-order valence-electron chi connectivity index (χ1n) is 26.2. The Kier molecular flexibility index (Phi) is 23.6. The van der Waals surface area contributed by atoms with Crippen LogP contribution in [0.5, 0.6) is 0 Å². The number of esters is 7. The minimum atomic E-state index is -2.72. The molecular formula is C53H89NO24. The minimum Gasteiger partial charge on any atom is -0.465 e. The first kappa shape index (κ1) is 68.1.